The SMILES string of the molecule is O=S(=O)(Oc1ccccc1/C=N/NC(=S)NCc1ccccc1)c1ccccc1. The highest BCUT2D eigenvalue weighted by Gasteiger charge is 2.17. The van der Waals surface area contributed by atoms with Crippen molar-refractivity contribution in [1.29, 1.82) is 0 Å². The smallest absolute Gasteiger partial charge is 0.339 e. The van der Waals surface area contributed by atoms with Crippen molar-refractivity contribution in [2.24, 2.45) is 5.10 Å². The Hall–Kier alpha value is -3.23. The van der Waals surface area contributed by atoms with Crippen molar-refractivity contribution in [3.8, 4) is 5.75 Å². The molecule has 2 N–H and O–H groups in total. The quantitative estimate of drug-likeness (QED) is 0.261. The summed E-state index contributed by atoms with van der Waals surface area (Å²) >= 11 is 5.19. The van der Waals surface area contributed by atoms with E-state index < -0.39 is 10.1 Å². The van der Waals surface area contributed by atoms with Gasteiger partial charge in [-0.1, -0.05) is 60.7 Å². The first-order chi connectivity index (χ1) is 14.0. The van der Waals surface area contributed by atoms with Crippen molar-refractivity contribution in [3.05, 3.63) is 96.1 Å². The molecule has 8 heteroatoms. The lowest BCUT2D eigenvalue weighted by Crippen LogP contribution is -2.31. The molecule has 0 spiro atoms. The van der Waals surface area contributed by atoms with E-state index in [1.807, 2.05) is 30.3 Å². The van der Waals surface area contributed by atoms with Gasteiger partial charge >= 0.3 is 10.1 Å². The van der Waals surface area contributed by atoms with Crippen LogP contribution in [0.4, 0.5) is 0 Å². The number of hydrazone groups is 1. The number of hydrogen-bond acceptors (Lipinski definition) is 5. The lowest BCUT2D eigenvalue weighted by Gasteiger charge is -2.09. The standard InChI is InChI=1S/C21H19N3O3S2/c25-29(26,19-12-5-2-6-13-19)27-20-14-8-7-11-18(20)16-23-24-21(28)22-15-17-9-3-1-4-10-17/h1-14,16H,15H2,(H2,22,24,28)/b23-16+. The van der Waals surface area contributed by atoms with Gasteiger partial charge in [-0.2, -0.15) is 13.5 Å². The molecular weight excluding hydrogens is 406 g/mol. The summed E-state index contributed by atoms with van der Waals surface area (Å²) in [6.07, 6.45) is 1.45. The summed E-state index contributed by atoms with van der Waals surface area (Å²) in [6, 6.07) is 24.5. The first-order valence-electron chi connectivity index (χ1n) is 8.74. The van der Waals surface area contributed by atoms with Crippen LogP contribution < -0.4 is 14.9 Å². The number of hydrogen-bond donors (Lipinski definition) is 2. The van der Waals surface area contributed by atoms with Crippen molar-refractivity contribution in [3.63, 3.8) is 0 Å². The maximum absolute atomic E-state index is 12.4. The van der Waals surface area contributed by atoms with Gasteiger partial charge in [-0.15, -0.1) is 0 Å². The van der Waals surface area contributed by atoms with Crippen LogP contribution in [0.2, 0.25) is 0 Å². The predicted octanol–water partition coefficient (Wildman–Crippen LogP) is 3.45. The van der Waals surface area contributed by atoms with E-state index in [1.165, 1.54) is 18.3 Å². The molecule has 0 heterocycles. The fourth-order valence-electron chi connectivity index (χ4n) is 2.39. The third-order valence-electron chi connectivity index (χ3n) is 3.82. The molecule has 0 amide bonds. The summed E-state index contributed by atoms with van der Waals surface area (Å²) in [7, 11) is -3.94. The molecule has 0 aliphatic heterocycles. The van der Waals surface area contributed by atoms with Gasteiger partial charge < -0.3 is 9.50 Å². The van der Waals surface area contributed by atoms with E-state index in [4.69, 9.17) is 16.4 Å². The minimum atomic E-state index is -3.94. The minimum Gasteiger partial charge on any atom is -0.378 e. The summed E-state index contributed by atoms with van der Waals surface area (Å²) in [6.45, 7) is 0.567. The summed E-state index contributed by atoms with van der Waals surface area (Å²) in [5, 5.41) is 7.45. The van der Waals surface area contributed by atoms with Crippen LogP contribution in [0.1, 0.15) is 11.1 Å². The largest absolute Gasteiger partial charge is 0.378 e. The molecule has 0 unspecified atom stereocenters. The van der Waals surface area contributed by atoms with Crippen LogP contribution in [0, 0.1) is 0 Å². The van der Waals surface area contributed by atoms with E-state index in [0.717, 1.165) is 5.56 Å². The Balaban J connectivity index is 1.62. The van der Waals surface area contributed by atoms with Gasteiger partial charge in [0.2, 0.25) is 0 Å². The molecule has 3 aromatic rings. The second kappa shape index (κ2) is 9.81. The van der Waals surface area contributed by atoms with Gasteiger partial charge in [0.25, 0.3) is 0 Å². The van der Waals surface area contributed by atoms with E-state index in [1.54, 1.807) is 42.5 Å². The molecule has 0 saturated heterocycles. The fraction of sp³-hybridized carbons (Fsp3) is 0.0476. The van der Waals surface area contributed by atoms with E-state index in [2.05, 4.69) is 15.8 Å². The summed E-state index contributed by atoms with van der Waals surface area (Å²) in [5.41, 5.74) is 4.29. The van der Waals surface area contributed by atoms with E-state index in [0.29, 0.717) is 17.2 Å². The molecule has 0 aromatic heterocycles. The van der Waals surface area contributed by atoms with Gasteiger partial charge in [0.15, 0.2) is 10.9 Å². The van der Waals surface area contributed by atoms with Crippen LogP contribution in [-0.2, 0) is 16.7 Å². The molecular formula is C21H19N3O3S2. The van der Waals surface area contributed by atoms with Gasteiger partial charge in [0.1, 0.15) is 4.90 Å². The van der Waals surface area contributed by atoms with Crippen molar-refractivity contribution in [1.82, 2.24) is 10.7 Å². The molecule has 148 valence electrons. The Kier molecular flexibility index (Phi) is 6.94. The van der Waals surface area contributed by atoms with E-state index in [9.17, 15) is 8.42 Å². The normalized spacial score (nSPS) is 11.2. The average Bonchev–Trinajstić information content (AvgIpc) is 2.75. The number of benzene rings is 3. The summed E-state index contributed by atoms with van der Waals surface area (Å²) in [4.78, 5) is 0.0798. The summed E-state index contributed by atoms with van der Waals surface area (Å²) in [5.74, 6) is 0.171. The first kappa shape index (κ1) is 20.5. The van der Waals surface area contributed by atoms with Crippen LogP contribution in [0.5, 0.6) is 5.75 Å². The second-order valence-corrected chi connectivity index (χ2v) is 7.88. The molecule has 0 saturated carbocycles. The predicted molar refractivity (Wildman–Crippen MR) is 117 cm³/mol. The van der Waals surface area contributed by atoms with Crippen LogP contribution in [0.15, 0.2) is 94.9 Å². The maximum Gasteiger partial charge on any atom is 0.339 e. The zero-order valence-corrected chi connectivity index (χ0v) is 17.0. The molecule has 29 heavy (non-hydrogen) atoms. The van der Waals surface area contributed by atoms with Crippen molar-refractivity contribution in [2.75, 3.05) is 0 Å². The lowest BCUT2D eigenvalue weighted by atomic mass is 10.2. The van der Waals surface area contributed by atoms with Gasteiger partial charge in [0, 0.05) is 12.1 Å². The molecule has 6 nitrogen and oxygen atoms in total. The van der Waals surface area contributed by atoms with Gasteiger partial charge in [-0.05, 0) is 42.0 Å². The second-order valence-electron chi connectivity index (χ2n) is 5.93. The zero-order chi connectivity index (χ0) is 20.5. The van der Waals surface area contributed by atoms with Crippen molar-refractivity contribution < 1.29 is 12.6 Å². The third-order valence-corrected chi connectivity index (χ3v) is 5.30. The van der Waals surface area contributed by atoms with E-state index >= 15 is 0 Å². The van der Waals surface area contributed by atoms with Gasteiger partial charge in [0.05, 0.1) is 6.21 Å². The highest BCUT2D eigenvalue weighted by molar-refractivity contribution is 7.87. The Morgan fingerprint density at radius 1 is 0.931 bits per heavy atom. The fourth-order valence-corrected chi connectivity index (χ4v) is 3.49. The number of nitrogens with one attached hydrogen (secondary N) is 2. The third kappa shape index (κ3) is 6.13. The lowest BCUT2D eigenvalue weighted by molar-refractivity contribution is 0.485. The molecule has 3 aromatic carbocycles. The van der Waals surface area contributed by atoms with Crippen molar-refractivity contribution in [2.45, 2.75) is 11.4 Å². The Morgan fingerprint density at radius 3 is 2.28 bits per heavy atom. The minimum absolute atomic E-state index is 0.0798. The summed E-state index contributed by atoms with van der Waals surface area (Å²) < 4.78 is 30.2. The van der Waals surface area contributed by atoms with Crippen LogP contribution >= 0.6 is 12.2 Å². The van der Waals surface area contributed by atoms with E-state index in [-0.39, 0.29) is 10.6 Å². The van der Waals surface area contributed by atoms with Gasteiger partial charge in [-0.3, -0.25) is 5.43 Å². The molecule has 0 fully saturated rings. The number of nitrogens with zero attached hydrogens (tertiary/aromatic N) is 1. The monoisotopic (exact) mass is 425 g/mol. The molecule has 0 aliphatic rings. The molecule has 3 rings (SSSR count). The number of rotatable bonds is 7. The molecule has 0 atom stereocenters. The zero-order valence-electron chi connectivity index (χ0n) is 15.4. The Bertz CT molecular complexity index is 1090. The molecule has 0 aliphatic carbocycles. The highest BCUT2D eigenvalue weighted by atomic mass is 32.2. The molecule has 0 bridgehead atoms. The number of thiocarbonyl (C=S) groups is 1. The van der Waals surface area contributed by atoms with Crippen molar-refractivity contribution >= 4 is 33.7 Å². The van der Waals surface area contributed by atoms with Crippen LogP contribution in [0.25, 0.3) is 0 Å². The van der Waals surface area contributed by atoms with Crippen LogP contribution in [0.3, 0.4) is 0 Å². The highest BCUT2D eigenvalue weighted by Crippen LogP contribution is 2.21. The Labute approximate surface area is 175 Å². The average molecular weight is 426 g/mol. The van der Waals surface area contributed by atoms with Gasteiger partial charge in [-0.25, -0.2) is 0 Å². The first-order valence-corrected chi connectivity index (χ1v) is 10.6. The topological polar surface area (TPSA) is 79.8 Å². The van der Waals surface area contributed by atoms with Crippen LogP contribution in [-0.4, -0.2) is 19.7 Å². The molecule has 0 radical (unpaired) electrons. The maximum atomic E-state index is 12.4. The Morgan fingerprint density at radius 2 is 1.55 bits per heavy atom. The number of para-hydroxylation sites is 1.